The van der Waals surface area contributed by atoms with E-state index in [1.807, 2.05) is 37.3 Å². The summed E-state index contributed by atoms with van der Waals surface area (Å²) in [5.41, 5.74) is 12.2. The van der Waals surface area contributed by atoms with Gasteiger partial charge in [-0.25, -0.2) is 9.59 Å². The van der Waals surface area contributed by atoms with Crippen LogP contribution in [0.2, 0.25) is 0 Å². The van der Waals surface area contributed by atoms with Gasteiger partial charge in [0.2, 0.25) is 35.4 Å². The van der Waals surface area contributed by atoms with Gasteiger partial charge in [-0.15, -0.1) is 0 Å². The van der Waals surface area contributed by atoms with E-state index in [9.17, 15) is 58.5 Å². The first-order valence-electron chi connectivity index (χ1n) is 22.8. The minimum atomic E-state index is -1.85. The number of nitrogens with two attached hydrogens (primary N) is 2. The van der Waals surface area contributed by atoms with Crippen LogP contribution in [0.5, 0.6) is 0 Å². The van der Waals surface area contributed by atoms with Crippen LogP contribution < -0.4 is 48.7 Å². The molecule has 22 nitrogen and oxygen atoms in total. The number of rotatable bonds is 14. The van der Waals surface area contributed by atoms with Crippen LogP contribution in [-0.4, -0.2) is 123 Å². The maximum absolute atomic E-state index is 14.2. The Morgan fingerprint density at radius 3 is 2.03 bits per heavy atom. The number of allylic oxidation sites excluding steroid dienone is 3. The van der Waals surface area contributed by atoms with E-state index >= 15 is 0 Å². The summed E-state index contributed by atoms with van der Waals surface area (Å²) in [6.07, 6.45) is 3.92. The summed E-state index contributed by atoms with van der Waals surface area (Å²) in [6.45, 7) is 11.2. The number of amides is 7. The summed E-state index contributed by atoms with van der Waals surface area (Å²) in [7, 11) is 0. The van der Waals surface area contributed by atoms with Crippen LogP contribution in [0.1, 0.15) is 92.6 Å². The number of hydrogen-bond acceptors (Lipinski definition) is 11. The number of aliphatic hydroxyl groups excluding tert-OH is 1. The Hall–Kier alpha value is -7.10. The van der Waals surface area contributed by atoms with Crippen molar-refractivity contribution in [1.29, 1.82) is 0 Å². The third kappa shape index (κ3) is 21.2. The smallest absolute Gasteiger partial charge is 0.326 e. The maximum Gasteiger partial charge on any atom is 0.326 e. The largest absolute Gasteiger partial charge is 0.480 e. The molecule has 1 heterocycles. The van der Waals surface area contributed by atoms with Crippen LogP contribution in [0.15, 0.2) is 70.9 Å². The van der Waals surface area contributed by atoms with Gasteiger partial charge < -0.3 is 64.0 Å². The van der Waals surface area contributed by atoms with E-state index in [0.717, 1.165) is 5.56 Å². The van der Waals surface area contributed by atoms with E-state index in [1.165, 1.54) is 32.9 Å². The van der Waals surface area contributed by atoms with E-state index in [4.69, 9.17) is 11.5 Å². The molecule has 0 aliphatic carbocycles. The van der Waals surface area contributed by atoms with Gasteiger partial charge in [0.1, 0.15) is 35.9 Å². The Morgan fingerprint density at radius 2 is 1.43 bits per heavy atom. The molecule has 1 aromatic rings. The van der Waals surface area contributed by atoms with Gasteiger partial charge in [0.05, 0.1) is 24.5 Å². The standard InChI is InChI=1S/C47H70N10O12/c1-8-31-42(63)51-29(7)41(62)56-35(21-25(2)3)44(65)57-36(46(68)69)24-39(60)53-33(15-12-20-50-47(48)49)43(64)54-32(28(6)40(61)55-34(45(66)67)18-19-38(59)52-31)17-16-26(4)22-27(5)37(58)23-30-13-10-9-11-14-30/h8-11,13-14,16-17,22,25,27-29,32-37,58H,12,15,18-21,23-24H2,1-7H3,(H,51,63)(H,52,59)(H,53,60)(H,54,64)(H,55,61)(H,56,62)(H,57,65)(H,66,67)(H,68,69)(H4,48,49,50)/b17-16+,26-22+,31-8?/t27-,28-,29+,32-,33-,34+,35-,36+,37-/m0/s1. The second-order valence-electron chi connectivity index (χ2n) is 17.5. The molecule has 1 aliphatic heterocycles. The van der Waals surface area contributed by atoms with Crippen molar-refractivity contribution in [1.82, 2.24) is 37.2 Å². The van der Waals surface area contributed by atoms with Crippen molar-refractivity contribution in [3.63, 3.8) is 0 Å². The number of guanidine groups is 1. The van der Waals surface area contributed by atoms with Gasteiger partial charge in [0, 0.05) is 18.9 Å². The average molecular weight is 967 g/mol. The number of carbonyl (C=O) groups excluding carboxylic acids is 7. The molecule has 14 N–H and O–H groups in total. The summed E-state index contributed by atoms with van der Waals surface area (Å²) >= 11 is 0. The maximum atomic E-state index is 14.2. The predicted molar refractivity (Wildman–Crippen MR) is 255 cm³/mol. The number of nitrogens with zero attached hydrogens (tertiary/aromatic N) is 1. The summed E-state index contributed by atoms with van der Waals surface area (Å²) in [4.78, 5) is 124. The van der Waals surface area contributed by atoms with Crippen LogP contribution in [0.25, 0.3) is 0 Å². The van der Waals surface area contributed by atoms with E-state index in [-0.39, 0.29) is 49.3 Å². The Labute approximate surface area is 402 Å². The first kappa shape index (κ1) is 58.0. The van der Waals surface area contributed by atoms with Crippen molar-refractivity contribution in [3.8, 4) is 0 Å². The minimum Gasteiger partial charge on any atom is -0.480 e. The van der Waals surface area contributed by atoms with Crippen molar-refractivity contribution in [2.75, 3.05) is 6.54 Å². The second kappa shape index (κ2) is 28.9. The zero-order valence-electron chi connectivity index (χ0n) is 40.2. The van der Waals surface area contributed by atoms with Crippen molar-refractivity contribution in [3.05, 3.63) is 71.5 Å². The van der Waals surface area contributed by atoms with Crippen molar-refractivity contribution < 1.29 is 58.5 Å². The first-order chi connectivity index (χ1) is 32.4. The quantitative estimate of drug-likeness (QED) is 0.0377. The van der Waals surface area contributed by atoms with Crippen molar-refractivity contribution in [2.24, 2.45) is 34.2 Å². The Kier molecular flexibility index (Phi) is 24.3. The normalized spacial score (nSPS) is 25.1. The molecule has 7 amide bonds. The van der Waals surface area contributed by atoms with E-state index in [1.54, 1.807) is 32.9 Å². The molecule has 2 rings (SSSR count). The number of aliphatic imine (C=N–C) groups is 1. The summed E-state index contributed by atoms with van der Waals surface area (Å²) in [5.74, 6) is -11.3. The fourth-order valence-electron chi connectivity index (χ4n) is 6.98. The molecule has 1 aromatic carbocycles. The van der Waals surface area contributed by atoms with Crippen LogP contribution in [-0.2, 0) is 49.6 Å². The predicted octanol–water partition coefficient (Wildman–Crippen LogP) is -0.234. The Morgan fingerprint density at radius 1 is 0.812 bits per heavy atom. The average Bonchev–Trinajstić information content (AvgIpc) is 3.27. The number of aliphatic carboxylic acids is 2. The molecule has 9 atom stereocenters. The van der Waals surface area contributed by atoms with Gasteiger partial charge in [-0.3, -0.25) is 38.6 Å². The van der Waals surface area contributed by atoms with E-state index in [0.29, 0.717) is 12.0 Å². The van der Waals surface area contributed by atoms with Gasteiger partial charge in [0.15, 0.2) is 5.96 Å². The highest BCUT2D eigenvalue weighted by Gasteiger charge is 2.34. The number of carboxylic acids is 2. The molecule has 0 bridgehead atoms. The highest BCUT2D eigenvalue weighted by Crippen LogP contribution is 2.17. The fourth-order valence-corrected chi connectivity index (χ4v) is 6.98. The highest BCUT2D eigenvalue weighted by atomic mass is 16.4. The van der Waals surface area contributed by atoms with Crippen LogP contribution in [0.4, 0.5) is 0 Å². The number of hydrogen-bond donors (Lipinski definition) is 12. The molecule has 0 radical (unpaired) electrons. The van der Waals surface area contributed by atoms with Crippen LogP contribution >= 0.6 is 0 Å². The molecule has 0 aromatic heterocycles. The zero-order valence-corrected chi connectivity index (χ0v) is 40.2. The molecular weight excluding hydrogens is 897 g/mol. The lowest BCUT2D eigenvalue weighted by atomic mass is 9.94. The van der Waals surface area contributed by atoms with E-state index in [2.05, 4.69) is 42.2 Å². The number of benzene rings is 1. The fraction of sp³-hybridized carbons (Fsp3) is 0.532. The van der Waals surface area contributed by atoms with Gasteiger partial charge in [-0.2, -0.15) is 0 Å². The van der Waals surface area contributed by atoms with Gasteiger partial charge in [-0.05, 0) is 64.4 Å². The molecular formula is C47H70N10O12. The van der Waals surface area contributed by atoms with Crippen molar-refractivity contribution >= 4 is 59.2 Å². The molecule has 0 spiro atoms. The summed E-state index contributed by atoms with van der Waals surface area (Å²) in [6, 6.07) is 0.654. The van der Waals surface area contributed by atoms with Gasteiger partial charge >= 0.3 is 11.9 Å². The number of nitrogens with one attached hydrogen (secondary N) is 7. The first-order valence-corrected chi connectivity index (χ1v) is 22.8. The van der Waals surface area contributed by atoms with Crippen LogP contribution in [0.3, 0.4) is 0 Å². The topological polar surface area (TPSA) is 363 Å². The molecule has 22 heteroatoms. The van der Waals surface area contributed by atoms with Gasteiger partial charge in [0.25, 0.3) is 5.91 Å². The zero-order chi connectivity index (χ0) is 52.0. The monoisotopic (exact) mass is 967 g/mol. The SMILES string of the molecule is CC=C1NC(=O)CC[C@H](C(=O)O)NC(=O)[C@@H](C)[C@H](/C=C/C(C)=C/[C@H](C)[C@@H](O)Cc2ccccc2)NC(=O)[C@H](CCCN=C(N)N)NC(=O)C[C@H](C(=O)O)NC(=O)[C@H](CC(C)C)NC(=O)[C@@H](C)NC1=O. The van der Waals surface area contributed by atoms with E-state index < -0.39 is 121 Å². The summed E-state index contributed by atoms with van der Waals surface area (Å²) in [5, 5.41) is 48.4. The lowest BCUT2D eigenvalue weighted by Gasteiger charge is -2.27. The molecule has 1 aliphatic rings. The molecule has 0 unspecified atom stereocenters. The molecule has 1 saturated heterocycles. The molecule has 380 valence electrons. The third-order valence-corrected chi connectivity index (χ3v) is 11.0. The summed E-state index contributed by atoms with van der Waals surface area (Å²) < 4.78 is 0. The number of carbonyl (C=O) groups is 9. The number of carboxylic acid groups (broad SMARTS) is 2. The van der Waals surface area contributed by atoms with Gasteiger partial charge in [-0.1, -0.05) is 87.9 Å². The Balaban J connectivity index is 2.66. The highest BCUT2D eigenvalue weighted by molar-refractivity contribution is 6.00. The minimum absolute atomic E-state index is 0.0122. The lowest BCUT2D eigenvalue weighted by Crippen LogP contribution is -2.57. The third-order valence-electron chi connectivity index (χ3n) is 11.0. The van der Waals surface area contributed by atoms with Crippen LogP contribution in [0, 0.1) is 17.8 Å². The number of aliphatic hydroxyl groups is 1. The molecule has 1 fully saturated rings. The molecule has 69 heavy (non-hydrogen) atoms. The Bertz CT molecular complexity index is 2100. The second-order valence-corrected chi connectivity index (χ2v) is 17.5. The molecule has 0 saturated carbocycles. The van der Waals surface area contributed by atoms with Crippen molar-refractivity contribution in [2.45, 2.75) is 136 Å². The lowest BCUT2D eigenvalue weighted by molar-refractivity contribution is -0.144.